The van der Waals surface area contributed by atoms with Crippen LogP contribution < -0.4 is 10.6 Å². The Bertz CT molecular complexity index is 337. The minimum atomic E-state index is -0.570. The number of hydrogen-bond donors (Lipinski definition) is 2. The zero-order valence-electron chi connectivity index (χ0n) is 9.20. The number of halogens is 2. The average Bonchev–Trinajstić information content (AvgIpc) is 2.09. The number of hydrogen-bond acceptors (Lipinski definition) is 2. The molecule has 15 heavy (non-hydrogen) atoms. The van der Waals surface area contributed by atoms with Gasteiger partial charge in [0.25, 0.3) is 0 Å². The number of benzene rings is 1. The molecule has 1 aromatic carbocycles. The lowest BCUT2D eigenvalue weighted by Crippen LogP contribution is -2.40. The molecule has 0 aliphatic heterocycles. The summed E-state index contributed by atoms with van der Waals surface area (Å²) >= 11 is 0. The van der Waals surface area contributed by atoms with Gasteiger partial charge in [-0.1, -0.05) is 0 Å². The van der Waals surface area contributed by atoms with Gasteiger partial charge in [-0.3, -0.25) is 0 Å². The van der Waals surface area contributed by atoms with Crippen molar-refractivity contribution >= 4 is 5.69 Å². The molecule has 1 rings (SSSR count). The van der Waals surface area contributed by atoms with E-state index in [1.165, 1.54) is 12.1 Å². The fraction of sp³-hybridized carbons (Fsp3) is 0.455. The van der Waals surface area contributed by atoms with Crippen molar-refractivity contribution in [1.29, 1.82) is 0 Å². The number of likely N-dealkylation sites (N-methyl/N-ethyl adjacent to an activating group) is 1. The van der Waals surface area contributed by atoms with Gasteiger partial charge >= 0.3 is 0 Å². The summed E-state index contributed by atoms with van der Waals surface area (Å²) in [6, 6.07) is 3.51. The first-order chi connectivity index (χ1) is 6.94. The van der Waals surface area contributed by atoms with Gasteiger partial charge in [-0.15, -0.1) is 0 Å². The largest absolute Gasteiger partial charge is 0.377 e. The molecule has 2 N–H and O–H groups in total. The van der Waals surface area contributed by atoms with E-state index in [1.54, 1.807) is 0 Å². The second-order valence-electron chi connectivity index (χ2n) is 4.16. The average molecular weight is 214 g/mol. The highest BCUT2D eigenvalue weighted by molar-refractivity contribution is 5.46. The van der Waals surface area contributed by atoms with E-state index in [1.807, 2.05) is 20.9 Å². The van der Waals surface area contributed by atoms with E-state index in [-0.39, 0.29) is 5.54 Å². The van der Waals surface area contributed by atoms with Crippen LogP contribution in [-0.2, 0) is 0 Å². The summed E-state index contributed by atoms with van der Waals surface area (Å²) in [5.74, 6) is -1.14. The van der Waals surface area contributed by atoms with Gasteiger partial charge in [0.15, 0.2) is 0 Å². The summed E-state index contributed by atoms with van der Waals surface area (Å²) in [7, 11) is 1.82. The zero-order valence-corrected chi connectivity index (χ0v) is 9.20. The van der Waals surface area contributed by atoms with Crippen LogP contribution in [0.4, 0.5) is 14.5 Å². The minimum absolute atomic E-state index is 0.284. The van der Waals surface area contributed by atoms with Gasteiger partial charge in [0.2, 0.25) is 0 Å². The van der Waals surface area contributed by atoms with Gasteiger partial charge in [0.05, 0.1) is 5.69 Å². The van der Waals surface area contributed by atoms with Crippen LogP contribution >= 0.6 is 0 Å². The van der Waals surface area contributed by atoms with E-state index in [0.717, 1.165) is 6.07 Å². The van der Waals surface area contributed by atoms with Crippen LogP contribution in [0, 0.1) is 11.6 Å². The maximum Gasteiger partial charge on any atom is 0.149 e. The van der Waals surface area contributed by atoms with Crippen molar-refractivity contribution in [1.82, 2.24) is 5.32 Å². The molecule has 1 aromatic rings. The van der Waals surface area contributed by atoms with E-state index >= 15 is 0 Å². The molecule has 0 aromatic heterocycles. The Labute approximate surface area is 88.7 Å². The highest BCUT2D eigenvalue weighted by Gasteiger charge is 2.17. The molecule has 0 fully saturated rings. The van der Waals surface area contributed by atoms with E-state index in [9.17, 15) is 8.78 Å². The molecule has 0 radical (unpaired) electrons. The summed E-state index contributed by atoms with van der Waals surface area (Å²) in [6.45, 7) is 4.56. The highest BCUT2D eigenvalue weighted by Crippen LogP contribution is 2.19. The van der Waals surface area contributed by atoms with E-state index in [4.69, 9.17) is 0 Å². The third-order valence-corrected chi connectivity index (χ3v) is 2.02. The van der Waals surface area contributed by atoms with Gasteiger partial charge < -0.3 is 10.6 Å². The fourth-order valence-electron chi connectivity index (χ4n) is 1.44. The molecule has 2 nitrogen and oxygen atoms in total. The Hall–Kier alpha value is -1.16. The van der Waals surface area contributed by atoms with Crippen molar-refractivity contribution in [2.45, 2.75) is 19.4 Å². The monoisotopic (exact) mass is 214 g/mol. The van der Waals surface area contributed by atoms with Crippen molar-refractivity contribution in [2.24, 2.45) is 0 Å². The van der Waals surface area contributed by atoms with Crippen LogP contribution in [0.25, 0.3) is 0 Å². The topological polar surface area (TPSA) is 24.1 Å². The molecule has 0 atom stereocenters. The van der Waals surface area contributed by atoms with E-state index < -0.39 is 11.6 Å². The van der Waals surface area contributed by atoms with Crippen LogP contribution in [0.2, 0.25) is 0 Å². The standard InChI is InChI=1S/C11H16F2N2/c1-11(2,7-14-3)15-10-5-4-8(12)6-9(10)13/h4-6,14-15H,7H2,1-3H3. The van der Waals surface area contributed by atoms with Crippen molar-refractivity contribution in [2.75, 3.05) is 18.9 Å². The molecule has 0 aliphatic carbocycles. The molecule has 0 saturated heterocycles. The quantitative estimate of drug-likeness (QED) is 0.804. The van der Waals surface area contributed by atoms with Crippen LogP contribution in [-0.4, -0.2) is 19.1 Å². The smallest absolute Gasteiger partial charge is 0.149 e. The molecule has 4 heteroatoms. The molecule has 0 unspecified atom stereocenters. The molecule has 0 spiro atoms. The van der Waals surface area contributed by atoms with Gasteiger partial charge in [-0.05, 0) is 33.0 Å². The van der Waals surface area contributed by atoms with Gasteiger partial charge in [0.1, 0.15) is 11.6 Å². The van der Waals surface area contributed by atoms with Crippen molar-refractivity contribution in [3.8, 4) is 0 Å². The lowest BCUT2D eigenvalue weighted by Gasteiger charge is -2.27. The van der Waals surface area contributed by atoms with Crippen molar-refractivity contribution < 1.29 is 8.78 Å². The summed E-state index contributed by atoms with van der Waals surface area (Å²) in [4.78, 5) is 0. The molecule has 0 saturated carbocycles. The number of nitrogens with one attached hydrogen (secondary N) is 2. The molecule has 0 bridgehead atoms. The van der Waals surface area contributed by atoms with Crippen LogP contribution in [0.5, 0.6) is 0 Å². The Morgan fingerprint density at radius 2 is 1.93 bits per heavy atom. The van der Waals surface area contributed by atoms with Crippen molar-refractivity contribution in [3.05, 3.63) is 29.8 Å². The first kappa shape index (κ1) is 11.9. The summed E-state index contributed by atoms with van der Waals surface area (Å²) < 4.78 is 25.9. The first-order valence-corrected chi connectivity index (χ1v) is 4.82. The minimum Gasteiger partial charge on any atom is -0.377 e. The fourth-order valence-corrected chi connectivity index (χ4v) is 1.44. The zero-order chi connectivity index (χ0) is 11.5. The molecular weight excluding hydrogens is 198 g/mol. The molecular formula is C11H16F2N2. The van der Waals surface area contributed by atoms with Gasteiger partial charge in [0, 0.05) is 18.2 Å². The summed E-state index contributed by atoms with van der Waals surface area (Å²) in [5.41, 5.74) is 0.0320. The van der Waals surface area contributed by atoms with E-state index in [0.29, 0.717) is 12.2 Å². The molecule has 84 valence electrons. The predicted octanol–water partition coefficient (Wildman–Crippen LogP) is 2.37. The predicted molar refractivity (Wildman–Crippen MR) is 58.0 cm³/mol. The molecule has 0 amide bonds. The second-order valence-corrected chi connectivity index (χ2v) is 4.16. The Balaban J connectivity index is 2.80. The Morgan fingerprint density at radius 3 is 2.47 bits per heavy atom. The SMILES string of the molecule is CNCC(C)(C)Nc1ccc(F)cc1F. The second kappa shape index (κ2) is 4.57. The van der Waals surface area contributed by atoms with Crippen LogP contribution in [0.15, 0.2) is 18.2 Å². The summed E-state index contributed by atoms with van der Waals surface area (Å²) in [5, 5.41) is 6.01. The molecule has 0 heterocycles. The molecule has 0 aliphatic rings. The number of rotatable bonds is 4. The lowest BCUT2D eigenvalue weighted by atomic mass is 10.1. The number of anilines is 1. The third kappa shape index (κ3) is 3.47. The third-order valence-electron chi connectivity index (χ3n) is 2.02. The van der Waals surface area contributed by atoms with Crippen LogP contribution in [0.1, 0.15) is 13.8 Å². The van der Waals surface area contributed by atoms with Crippen LogP contribution in [0.3, 0.4) is 0 Å². The summed E-state index contributed by atoms with van der Waals surface area (Å²) in [6.07, 6.45) is 0. The van der Waals surface area contributed by atoms with Gasteiger partial charge in [-0.2, -0.15) is 0 Å². The Morgan fingerprint density at radius 1 is 1.27 bits per heavy atom. The first-order valence-electron chi connectivity index (χ1n) is 4.82. The van der Waals surface area contributed by atoms with Gasteiger partial charge in [-0.25, -0.2) is 8.78 Å². The normalized spacial score (nSPS) is 11.5. The maximum atomic E-state index is 13.3. The van der Waals surface area contributed by atoms with E-state index in [2.05, 4.69) is 10.6 Å². The lowest BCUT2D eigenvalue weighted by molar-refractivity contribution is 0.521. The van der Waals surface area contributed by atoms with Crippen molar-refractivity contribution in [3.63, 3.8) is 0 Å². The highest BCUT2D eigenvalue weighted by atomic mass is 19.1. The maximum absolute atomic E-state index is 13.3. The Kier molecular flexibility index (Phi) is 3.63.